The van der Waals surface area contributed by atoms with Crippen molar-refractivity contribution in [2.24, 2.45) is 0 Å². The van der Waals surface area contributed by atoms with Crippen LogP contribution < -0.4 is 4.74 Å². The Morgan fingerprint density at radius 3 is 2.45 bits per heavy atom. The molecule has 0 spiro atoms. The molecule has 4 heterocycles. The molecule has 0 atom stereocenters. The second kappa shape index (κ2) is 8.38. The van der Waals surface area contributed by atoms with Crippen molar-refractivity contribution in [3.05, 3.63) is 53.9 Å². The van der Waals surface area contributed by atoms with Crippen LogP contribution >= 0.6 is 0 Å². The summed E-state index contributed by atoms with van der Waals surface area (Å²) in [5, 5.41) is 3.92. The van der Waals surface area contributed by atoms with Crippen molar-refractivity contribution in [1.82, 2.24) is 25.0 Å². The van der Waals surface area contributed by atoms with Crippen LogP contribution in [0, 0.1) is 13.8 Å². The van der Waals surface area contributed by atoms with Gasteiger partial charge in [0.2, 0.25) is 5.91 Å². The molecule has 1 aliphatic rings. The molecule has 0 saturated carbocycles. The molecule has 0 unspecified atom stereocenters. The normalized spacial score (nSPS) is 14.8. The lowest BCUT2D eigenvalue weighted by Crippen LogP contribution is -2.42. The van der Waals surface area contributed by atoms with Crippen LogP contribution in [0.15, 0.2) is 41.4 Å². The fourth-order valence-electron chi connectivity index (χ4n) is 3.46. The van der Waals surface area contributed by atoms with Crippen LogP contribution in [-0.4, -0.2) is 50.1 Å². The lowest BCUT2D eigenvalue weighted by Gasteiger charge is -2.31. The lowest BCUT2D eigenvalue weighted by atomic mass is 10.1. The third kappa shape index (κ3) is 4.42. The Bertz CT molecular complexity index is 944. The molecule has 0 aliphatic carbocycles. The second-order valence-electron chi connectivity index (χ2n) is 7.17. The number of aromatic nitrogens is 4. The maximum Gasteiger partial charge on any atom is 0.316 e. The molecule has 150 valence electrons. The van der Waals surface area contributed by atoms with Crippen molar-refractivity contribution in [2.45, 2.75) is 39.2 Å². The van der Waals surface area contributed by atoms with Crippen molar-refractivity contribution < 1.29 is 14.1 Å². The van der Waals surface area contributed by atoms with Crippen molar-refractivity contribution in [1.29, 1.82) is 0 Å². The molecular formula is C21H23N5O3. The maximum absolute atomic E-state index is 12.6. The van der Waals surface area contributed by atoms with Crippen LogP contribution in [0.1, 0.15) is 29.9 Å². The minimum absolute atomic E-state index is 0.00453. The number of ether oxygens (including phenoxy) is 1. The van der Waals surface area contributed by atoms with Gasteiger partial charge in [0.1, 0.15) is 11.9 Å². The summed E-state index contributed by atoms with van der Waals surface area (Å²) < 4.78 is 11.1. The first kappa shape index (κ1) is 19.0. The van der Waals surface area contributed by atoms with E-state index in [1.54, 1.807) is 24.8 Å². The molecule has 8 heteroatoms. The first-order valence-electron chi connectivity index (χ1n) is 9.69. The SMILES string of the molecule is Cc1noc(C)c1CC(=O)N1CCC(Oc2ncc(-c3ccncc3)cn2)CC1. The van der Waals surface area contributed by atoms with E-state index in [0.717, 1.165) is 35.2 Å². The molecule has 1 saturated heterocycles. The van der Waals surface area contributed by atoms with Crippen LogP contribution in [0.2, 0.25) is 0 Å². The number of carbonyl (C=O) groups excluding carboxylic acids is 1. The van der Waals surface area contributed by atoms with Gasteiger partial charge in [-0.1, -0.05) is 5.16 Å². The Hall–Kier alpha value is -3.29. The van der Waals surface area contributed by atoms with Gasteiger partial charge in [0.25, 0.3) is 0 Å². The average Bonchev–Trinajstić information content (AvgIpc) is 3.07. The summed E-state index contributed by atoms with van der Waals surface area (Å²) in [6.45, 7) is 5.01. The largest absolute Gasteiger partial charge is 0.460 e. The van der Waals surface area contributed by atoms with Gasteiger partial charge >= 0.3 is 6.01 Å². The number of carbonyl (C=O) groups is 1. The summed E-state index contributed by atoms with van der Waals surface area (Å²) in [6.07, 6.45) is 8.81. The molecule has 1 amide bonds. The molecule has 29 heavy (non-hydrogen) atoms. The summed E-state index contributed by atoms with van der Waals surface area (Å²) in [5.41, 5.74) is 3.59. The van der Waals surface area contributed by atoms with E-state index in [9.17, 15) is 4.79 Å². The van der Waals surface area contributed by atoms with E-state index in [-0.39, 0.29) is 12.0 Å². The summed E-state index contributed by atoms with van der Waals surface area (Å²) >= 11 is 0. The zero-order valence-corrected chi connectivity index (χ0v) is 16.5. The highest BCUT2D eigenvalue weighted by Gasteiger charge is 2.26. The highest BCUT2D eigenvalue weighted by molar-refractivity contribution is 5.79. The monoisotopic (exact) mass is 393 g/mol. The van der Waals surface area contributed by atoms with E-state index >= 15 is 0 Å². The van der Waals surface area contributed by atoms with Gasteiger partial charge in [-0.05, 0) is 31.5 Å². The number of rotatable bonds is 5. The Morgan fingerprint density at radius 1 is 1.14 bits per heavy atom. The zero-order chi connectivity index (χ0) is 20.2. The van der Waals surface area contributed by atoms with E-state index in [4.69, 9.17) is 9.26 Å². The second-order valence-corrected chi connectivity index (χ2v) is 7.17. The summed E-state index contributed by atoms with van der Waals surface area (Å²) in [5.74, 6) is 0.803. The predicted molar refractivity (Wildman–Crippen MR) is 105 cm³/mol. The van der Waals surface area contributed by atoms with E-state index < -0.39 is 0 Å². The number of amides is 1. The van der Waals surface area contributed by atoms with Crippen molar-refractivity contribution in [3.63, 3.8) is 0 Å². The Balaban J connectivity index is 1.29. The fourth-order valence-corrected chi connectivity index (χ4v) is 3.46. The van der Waals surface area contributed by atoms with Gasteiger partial charge in [-0.25, -0.2) is 9.97 Å². The maximum atomic E-state index is 12.6. The van der Waals surface area contributed by atoms with Gasteiger partial charge in [0, 0.05) is 61.8 Å². The summed E-state index contributed by atoms with van der Waals surface area (Å²) in [7, 11) is 0. The van der Waals surface area contributed by atoms with Crippen molar-refractivity contribution >= 4 is 5.91 Å². The van der Waals surface area contributed by atoms with E-state index in [2.05, 4.69) is 20.1 Å². The van der Waals surface area contributed by atoms with Gasteiger partial charge in [-0.2, -0.15) is 0 Å². The molecule has 0 radical (unpaired) electrons. The summed E-state index contributed by atoms with van der Waals surface area (Å²) in [6, 6.07) is 4.19. The van der Waals surface area contributed by atoms with Crippen LogP contribution in [0.3, 0.4) is 0 Å². The van der Waals surface area contributed by atoms with Crippen LogP contribution in [0.4, 0.5) is 0 Å². The number of hydrogen-bond donors (Lipinski definition) is 0. The van der Waals surface area contributed by atoms with E-state index in [0.29, 0.717) is 31.3 Å². The highest BCUT2D eigenvalue weighted by Crippen LogP contribution is 2.21. The fraction of sp³-hybridized carbons (Fsp3) is 0.381. The highest BCUT2D eigenvalue weighted by atomic mass is 16.5. The van der Waals surface area contributed by atoms with Crippen molar-refractivity contribution in [2.75, 3.05) is 13.1 Å². The standard InChI is InChI=1S/C21H23N5O3/c1-14-19(15(2)29-25-14)11-20(27)26-9-5-18(6-10-26)28-21-23-12-17(13-24-21)16-3-7-22-8-4-16/h3-4,7-8,12-13,18H,5-6,9-11H2,1-2H3. The average molecular weight is 393 g/mol. The number of piperidine rings is 1. The third-order valence-electron chi connectivity index (χ3n) is 5.22. The molecular weight excluding hydrogens is 370 g/mol. The van der Waals surface area contributed by atoms with Gasteiger partial charge in [0.15, 0.2) is 0 Å². The molecule has 1 aliphatic heterocycles. The summed E-state index contributed by atoms with van der Waals surface area (Å²) in [4.78, 5) is 27.1. The molecule has 3 aromatic heterocycles. The number of hydrogen-bond acceptors (Lipinski definition) is 7. The predicted octanol–water partition coefficient (Wildman–Crippen LogP) is 2.76. The number of likely N-dealkylation sites (tertiary alicyclic amines) is 1. The molecule has 3 aromatic rings. The Kier molecular flexibility index (Phi) is 5.50. The van der Waals surface area contributed by atoms with E-state index in [1.807, 2.05) is 30.9 Å². The molecule has 0 bridgehead atoms. The smallest absolute Gasteiger partial charge is 0.316 e. The zero-order valence-electron chi connectivity index (χ0n) is 16.5. The van der Waals surface area contributed by atoms with E-state index in [1.165, 1.54) is 0 Å². The van der Waals surface area contributed by atoms with Crippen LogP contribution in [0.25, 0.3) is 11.1 Å². The van der Waals surface area contributed by atoms with Gasteiger partial charge in [-0.15, -0.1) is 0 Å². The molecule has 0 aromatic carbocycles. The van der Waals surface area contributed by atoms with Gasteiger partial charge in [0.05, 0.1) is 12.1 Å². The first-order valence-corrected chi connectivity index (χ1v) is 9.69. The van der Waals surface area contributed by atoms with Crippen molar-refractivity contribution in [3.8, 4) is 17.1 Å². The molecule has 1 fully saturated rings. The lowest BCUT2D eigenvalue weighted by molar-refractivity contribution is -0.132. The molecule has 0 N–H and O–H groups in total. The van der Waals surface area contributed by atoms with Gasteiger partial charge in [-0.3, -0.25) is 9.78 Å². The topological polar surface area (TPSA) is 94.2 Å². The van der Waals surface area contributed by atoms with Crippen LogP contribution in [-0.2, 0) is 11.2 Å². The minimum Gasteiger partial charge on any atom is -0.460 e. The quantitative estimate of drug-likeness (QED) is 0.658. The molecule has 4 rings (SSSR count). The first-order chi connectivity index (χ1) is 14.1. The number of aryl methyl sites for hydroxylation is 2. The number of pyridine rings is 1. The van der Waals surface area contributed by atoms with Gasteiger partial charge < -0.3 is 14.2 Å². The Morgan fingerprint density at radius 2 is 1.83 bits per heavy atom. The third-order valence-corrected chi connectivity index (χ3v) is 5.22. The number of nitrogens with zero attached hydrogens (tertiary/aromatic N) is 5. The van der Waals surface area contributed by atoms with Crippen LogP contribution in [0.5, 0.6) is 6.01 Å². The molecule has 8 nitrogen and oxygen atoms in total. The Labute approximate surface area is 168 Å². The minimum atomic E-state index is 0.00453.